The lowest BCUT2D eigenvalue weighted by Crippen LogP contribution is -2.56. The molecular formula is C23H27ClFN5O5. The average molecular weight is 508 g/mol. The van der Waals surface area contributed by atoms with E-state index in [1.165, 1.54) is 7.11 Å². The van der Waals surface area contributed by atoms with Crippen LogP contribution in [0.5, 0.6) is 5.75 Å². The van der Waals surface area contributed by atoms with Crippen LogP contribution in [0.2, 0.25) is 0 Å². The van der Waals surface area contributed by atoms with Crippen LogP contribution in [0.3, 0.4) is 0 Å². The number of alkyl halides is 2. The third kappa shape index (κ3) is 5.84. The van der Waals surface area contributed by atoms with Crippen LogP contribution >= 0.6 is 11.6 Å². The minimum atomic E-state index is -2.39. The molecule has 1 saturated carbocycles. The van der Waals surface area contributed by atoms with Crippen molar-refractivity contribution in [2.45, 2.75) is 37.4 Å². The molecule has 2 aliphatic rings. The highest BCUT2D eigenvalue weighted by atomic mass is 35.5. The number of nitrogens with one attached hydrogen (secondary N) is 4. The number of hydrazine groups is 1. The Morgan fingerprint density at radius 3 is 2.69 bits per heavy atom. The van der Waals surface area contributed by atoms with E-state index in [1.807, 2.05) is 0 Å². The van der Waals surface area contributed by atoms with Gasteiger partial charge in [-0.05, 0) is 37.0 Å². The van der Waals surface area contributed by atoms with Gasteiger partial charge >= 0.3 is 0 Å². The largest absolute Gasteiger partial charge is 0.496 e. The highest BCUT2D eigenvalue weighted by Gasteiger charge is 2.35. The number of carbonyl (C=O) groups excluding carboxylic acids is 4. The standard InChI is InChI=1S/C23H27ClFN5O5/c1-35-18-4-2-3-15-14(18)10-17(27-15)21(32)28-16(9-12-5-6-12)22(33)29-30(23(34)19(24)25)11-13-7-8-26-20(13)31/h2-4,10,12-13,16,19,27H,5-9,11H2,1H3,(H,26,31)(H,28,32)(H,29,33). The molecule has 188 valence electrons. The Hall–Kier alpha value is -3.34. The van der Waals surface area contributed by atoms with Gasteiger partial charge in [-0.25, -0.2) is 9.40 Å². The predicted molar refractivity (Wildman–Crippen MR) is 125 cm³/mol. The van der Waals surface area contributed by atoms with Gasteiger partial charge in [0.05, 0.1) is 19.6 Å². The quantitative estimate of drug-likeness (QED) is 0.302. The number of aromatic amines is 1. The lowest BCUT2D eigenvalue weighted by molar-refractivity contribution is -0.145. The maximum absolute atomic E-state index is 13.6. The summed E-state index contributed by atoms with van der Waals surface area (Å²) < 4.78 is 18.9. The van der Waals surface area contributed by atoms with E-state index in [2.05, 4.69) is 21.0 Å². The molecule has 0 spiro atoms. The molecule has 0 bridgehead atoms. The number of fused-ring (bicyclic) bond motifs is 1. The van der Waals surface area contributed by atoms with Crippen LogP contribution < -0.4 is 20.8 Å². The topological polar surface area (TPSA) is 133 Å². The van der Waals surface area contributed by atoms with Crippen molar-refractivity contribution < 1.29 is 28.3 Å². The Labute approximate surface area is 205 Å². The first-order valence-corrected chi connectivity index (χ1v) is 11.8. The van der Waals surface area contributed by atoms with Crippen molar-refractivity contribution in [3.8, 4) is 5.75 Å². The van der Waals surface area contributed by atoms with Crippen LogP contribution in [-0.4, -0.2) is 65.5 Å². The van der Waals surface area contributed by atoms with Gasteiger partial charge in [0.1, 0.15) is 17.5 Å². The second-order valence-corrected chi connectivity index (χ2v) is 9.20. The summed E-state index contributed by atoms with van der Waals surface area (Å²) in [6.45, 7) is 0.199. The number of benzene rings is 1. The molecule has 2 fully saturated rings. The Balaban J connectivity index is 1.49. The summed E-state index contributed by atoms with van der Waals surface area (Å²) in [5, 5.41) is 6.79. The zero-order valence-electron chi connectivity index (χ0n) is 19.1. The zero-order valence-corrected chi connectivity index (χ0v) is 19.9. The van der Waals surface area contributed by atoms with Crippen molar-refractivity contribution in [1.29, 1.82) is 0 Å². The molecule has 1 aromatic heterocycles. The predicted octanol–water partition coefficient (Wildman–Crippen LogP) is 1.61. The number of carbonyl (C=O) groups is 4. The summed E-state index contributed by atoms with van der Waals surface area (Å²) in [6.07, 6.45) is 2.63. The number of nitrogens with zero attached hydrogens (tertiary/aromatic N) is 1. The lowest BCUT2D eigenvalue weighted by Gasteiger charge is -2.28. The van der Waals surface area contributed by atoms with Gasteiger partial charge in [0, 0.05) is 17.4 Å². The molecular weight excluding hydrogens is 481 g/mol. The first-order valence-electron chi connectivity index (χ1n) is 11.4. The Morgan fingerprint density at radius 2 is 2.06 bits per heavy atom. The van der Waals surface area contributed by atoms with E-state index in [-0.39, 0.29) is 24.1 Å². The van der Waals surface area contributed by atoms with Crippen molar-refractivity contribution >= 4 is 46.1 Å². The molecule has 0 radical (unpaired) electrons. The SMILES string of the molecule is COc1cccc2[nH]c(C(=O)NC(CC3CC3)C(=O)NN(CC3CCNC3=O)C(=O)C(F)Cl)cc12. The number of ether oxygens (including phenoxy) is 1. The molecule has 2 heterocycles. The van der Waals surface area contributed by atoms with Crippen LogP contribution in [0.4, 0.5) is 4.39 Å². The highest BCUT2D eigenvalue weighted by molar-refractivity contribution is 6.29. The number of methoxy groups -OCH3 is 1. The molecule has 4 rings (SSSR count). The number of halogens is 2. The van der Waals surface area contributed by atoms with Crippen molar-refractivity contribution in [3.63, 3.8) is 0 Å². The molecule has 2 aromatic rings. The van der Waals surface area contributed by atoms with E-state index in [9.17, 15) is 23.6 Å². The molecule has 12 heteroatoms. The number of rotatable bonds is 9. The van der Waals surface area contributed by atoms with Gasteiger partial charge in [-0.2, -0.15) is 0 Å². The summed E-state index contributed by atoms with van der Waals surface area (Å²) in [6, 6.07) is 6.00. The minimum Gasteiger partial charge on any atom is -0.496 e. The average Bonchev–Trinajstić information content (AvgIpc) is 3.39. The van der Waals surface area contributed by atoms with E-state index in [0.717, 1.165) is 17.9 Å². The van der Waals surface area contributed by atoms with Gasteiger partial charge in [0.2, 0.25) is 5.91 Å². The molecule has 3 unspecified atom stereocenters. The van der Waals surface area contributed by atoms with Gasteiger partial charge in [-0.15, -0.1) is 0 Å². The molecule has 3 atom stereocenters. The van der Waals surface area contributed by atoms with E-state index in [1.54, 1.807) is 24.3 Å². The van der Waals surface area contributed by atoms with Gasteiger partial charge in [0.15, 0.2) is 0 Å². The number of amides is 4. The van der Waals surface area contributed by atoms with E-state index >= 15 is 0 Å². The smallest absolute Gasteiger partial charge is 0.291 e. The maximum Gasteiger partial charge on any atom is 0.291 e. The fraction of sp³-hybridized carbons (Fsp3) is 0.478. The molecule has 10 nitrogen and oxygen atoms in total. The van der Waals surface area contributed by atoms with Gasteiger partial charge < -0.3 is 20.4 Å². The summed E-state index contributed by atoms with van der Waals surface area (Å²) >= 11 is 5.34. The van der Waals surface area contributed by atoms with Crippen LogP contribution in [0.1, 0.15) is 36.2 Å². The maximum atomic E-state index is 13.6. The molecule has 1 aliphatic heterocycles. The number of hydrogen-bond donors (Lipinski definition) is 4. The minimum absolute atomic E-state index is 0.227. The van der Waals surface area contributed by atoms with Crippen molar-refractivity contribution in [2.75, 3.05) is 20.2 Å². The van der Waals surface area contributed by atoms with Crippen LogP contribution in [-0.2, 0) is 14.4 Å². The van der Waals surface area contributed by atoms with Gasteiger partial charge in [-0.3, -0.25) is 24.6 Å². The van der Waals surface area contributed by atoms with Crippen molar-refractivity contribution in [3.05, 3.63) is 30.0 Å². The Kier molecular flexibility index (Phi) is 7.44. The second kappa shape index (κ2) is 10.5. The summed E-state index contributed by atoms with van der Waals surface area (Å²) in [7, 11) is 1.53. The third-order valence-electron chi connectivity index (χ3n) is 6.24. The zero-order chi connectivity index (χ0) is 25.1. The van der Waals surface area contributed by atoms with E-state index < -0.39 is 35.3 Å². The fourth-order valence-electron chi connectivity index (χ4n) is 4.14. The first-order chi connectivity index (χ1) is 16.8. The highest BCUT2D eigenvalue weighted by Crippen LogP contribution is 2.34. The van der Waals surface area contributed by atoms with Crippen LogP contribution in [0.25, 0.3) is 10.9 Å². The Morgan fingerprint density at radius 1 is 1.29 bits per heavy atom. The number of hydrogen-bond acceptors (Lipinski definition) is 5. The first kappa shape index (κ1) is 24.8. The van der Waals surface area contributed by atoms with Crippen LogP contribution in [0.15, 0.2) is 24.3 Å². The number of aromatic nitrogens is 1. The van der Waals surface area contributed by atoms with E-state index in [0.29, 0.717) is 36.0 Å². The molecule has 1 saturated heterocycles. The monoisotopic (exact) mass is 507 g/mol. The Bertz CT molecular complexity index is 1130. The number of H-pyrrole nitrogens is 1. The summed E-state index contributed by atoms with van der Waals surface area (Å²) in [4.78, 5) is 53.4. The van der Waals surface area contributed by atoms with Crippen molar-refractivity contribution in [1.82, 2.24) is 26.1 Å². The van der Waals surface area contributed by atoms with Gasteiger partial charge in [-0.1, -0.05) is 30.5 Å². The molecule has 4 amide bonds. The lowest BCUT2D eigenvalue weighted by atomic mass is 10.1. The fourth-order valence-corrected chi connectivity index (χ4v) is 4.26. The third-order valence-corrected chi connectivity index (χ3v) is 6.43. The van der Waals surface area contributed by atoms with Crippen molar-refractivity contribution in [2.24, 2.45) is 11.8 Å². The van der Waals surface area contributed by atoms with Gasteiger partial charge in [0.25, 0.3) is 23.4 Å². The second-order valence-electron chi connectivity index (χ2n) is 8.81. The summed E-state index contributed by atoms with van der Waals surface area (Å²) in [5.41, 5.74) is 0.914. The molecule has 35 heavy (non-hydrogen) atoms. The normalized spacial score (nSPS) is 19.1. The van der Waals surface area contributed by atoms with Crippen LogP contribution in [0, 0.1) is 11.8 Å². The summed E-state index contributed by atoms with van der Waals surface area (Å²) in [5.74, 6) is -2.44. The van der Waals surface area contributed by atoms with E-state index in [4.69, 9.17) is 16.3 Å². The molecule has 1 aliphatic carbocycles. The molecule has 4 N–H and O–H groups in total. The molecule has 1 aromatic carbocycles.